The minimum atomic E-state index is -3.61. The number of sulfonamides is 1. The van der Waals surface area contributed by atoms with Gasteiger partial charge in [-0.2, -0.15) is 4.31 Å². The molecule has 1 atom stereocenters. The number of nitrogens with one attached hydrogen (secondary N) is 1. The van der Waals surface area contributed by atoms with Crippen LogP contribution in [-0.4, -0.2) is 44.9 Å². The third-order valence-electron chi connectivity index (χ3n) is 5.70. The van der Waals surface area contributed by atoms with E-state index in [1.54, 1.807) is 24.3 Å². The zero-order chi connectivity index (χ0) is 20.3. The lowest BCUT2D eigenvalue weighted by atomic mass is 9.82. The number of fused-ring (bicyclic) bond motifs is 1. The quantitative estimate of drug-likeness (QED) is 0.815. The number of hydrogen-bond donors (Lipinski definition) is 1. The van der Waals surface area contributed by atoms with Crippen LogP contribution in [0.25, 0.3) is 0 Å². The minimum absolute atomic E-state index is 0.0456. The molecule has 29 heavy (non-hydrogen) atoms. The molecule has 154 valence electrons. The average Bonchev–Trinajstić information content (AvgIpc) is 2.78. The van der Waals surface area contributed by atoms with Crippen molar-refractivity contribution < 1.29 is 17.9 Å². The van der Waals surface area contributed by atoms with E-state index in [1.807, 2.05) is 18.2 Å². The molecule has 6 nitrogen and oxygen atoms in total. The fraction of sp³-hybridized carbons (Fsp3) is 0.409. The van der Waals surface area contributed by atoms with Crippen LogP contribution < -0.4 is 5.32 Å². The number of nitrogens with zero attached hydrogens (tertiary/aromatic N) is 1. The topological polar surface area (TPSA) is 75.7 Å². The standard InChI is InChI=1S/C22H26N2O4S/c25-22(20-10-5-8-17-6-1-3-9-19(17)20)23-16-18-7-2-4-11-21(18)29(26,27)24-12-14-28-15-13-24/h1-4,6-7,9,11,20H,5,8,10,12-16H2,(H,23,25). The fourth-order valence-electron chi connectivity index (χ4n) is 4.16. The molecular weight excluding hydrogens is 388 g/mol. The number of carbonyl (C=O) groups excluding carboxylic acids is 1. The number of aryl methyl sites for hydroxylation is 1. The summed E-state index contributed by atoms with van der Waals surface area (Å²) in [7, 11) is -3.61. The molecule has 1 amide bonds. The number of benzene rings is 2. The van der Waals surface area contributed by atoms with Gasteiger partial charge in [0, 0.05) is 19.6 Å². The van der Waals surface area contributed by atoms with E-state index in [0.29, 0.717) is 31.9 Å². The third kappa shape index (κ3) is 4.22. The molecule has 0 bridgehead atoms. The first-order valence-corrected chi connectivity index (χ1v) is 11.5. The third-order valence-corrected chi connectivity index (χ3v) is 7.70. The summed E-state index contributed by atoms with van der Waals surface area (Å²) in [5.41, 5.74) is 2.93. The van der Waals surface area contributed by atoms with E-state index in [1.165, 1.54) is 9.87 Å². The van der Waals surface area contributed by atoms with Crippen molar-refractivity contribution in [1.29, 1.82) is 0 Å². The largest absolute Gasteiger partial charge is 0.379 e. The molecule has 1 aliphatic heterocycles. The number of morpholine rings is 1. The number of amides is 1. The molecule has 2 aromatic carbocycles. The van der Waals surface area contributed by atoms with Gasteiger partial charge in [0.25, 0.3) is 0 Å². The van der Waals surface area contributed by atoms with Crippen molar-refractivity contribution in [3.8, 4) is 0 Å². The van der Waals surface area contributed by atoms with E-state index in [9.17, 15) is 13.2 Å². The molecule has 0 spiro atoms. The Morgan fingerprint density at radius 1 is 1.07 bits per heavy atom. The van der Waals surface area contributed by atoms with Gasteiger partial charge in [-0.25, -0.2) is 8.42 Å². The van der Waals surface area contributed by atoms with E-state index >= 15 is 0 Å². The van der Waals surface area contributed by atoms with Gasteiger partial charge in [0.05, 0.1) is 24.0 Å². The maximum atomic E-state index is 13.1. The van der Waals surface area contributed by atoms with Gasteiger partial charge in [-0.15, -0.1) is 0 Å². The minimum Gasteiger partial charge on any atom is -0.379 e. The Bertz CT molecular complexity index is 984. The van der Waals surface area contributed by atoms with Crippen molar-refractivity contribution in [3.05, 3.63) is 65.2 Å². The molecule has 1 fully saturated rings. The second-order valence-corrected chi connectivity index (χ2v) is 9.39. The normalized spacial score (nSPS) is 20.1. The zero-order valence-electron chi connectivity index (χ0n) is 16.3. The van der Waals surface area contributed by atoms with Crippen molar-refractivity contribution in [1.82, 2.24) is 9.62 Å². The smallest absolute Gasteiger partial charge is 0.243 e. The molecule has 1 saturated heterocycles. The first kappa shape index (κ1) is 20.1. The maximum absolute atomic E-state index is 13.1. The van der Waals surface area contributed by atoms with Gasteiger partial charge in [-0.05, 0) is 42.0 Å². The Morgan fingerprint density at radius 3 is 2.62 bits per heavy atom. The van der Waals surface area contributed by atoms with Gasteiger partial charge in [-0.1, -0.05) is 42.5 Å². The Balaban J connectivity index is 1.51. The Morgan fingerprint density at radius 2 is 1.79 bits per heavy atom. The lowest BCUT2D eigenvalue weighted by Gasteiger charge is -2.27. The van der Waals surface area contributed by atoms with Gasteiger partial charge in [0.1, 0.15) is 0 Å². The van der Waals surface area contributed by atoms with Crippen molar-refractivity contribution in [2.45, 2.75) is 36.6 Å². The second-order valence-electron chi connectivity index (χ2n) is 7.49. The molecule has 2 aromatic rings. The summed E-state index contributed by atoms with van der Waals surface area (Å²) in [5, 5.41) is 2.98. The number of hydrogen-bond acceptors (Lipinski definition) is 4. The Labute approximate surface area is 171 Å². The van der Waals surface area contributed by atoms with Crippen molar-refractivity contribution in [2.75, 3.05) is 26.3 Å². The monoisotopic (exact) mass is 414 g/mol. The molecule has 1 N–H and O–H groups in total. The summed E-state index contributed by atoms with van der Waals surface area (Å²) in [6.45, 7) is 1.69. The lowest BCUT2D eigenvalue weighted by Crippen LogP contribution is -2.41. The first-order chi connectivity index (χ1) is 14.1. The summed E-state index contributed by atoms with van der Waals surface area (Å²) in [5.74, 6) is -0.223. The predicted octanol–water partition coefficient (Wildman–Crippen LogP) is 2.44. The van der Waals surface area contributed by atoms with Crippen LogP contribution in [0.2, 0.25) is 0 Å². The number of rotatable bonds is 5. The van der Waals surface area contributed by atoms with Gasteiger partial charge in [0.2, 0.25) is 15.9 Å². The summed E-state index contributed by atoms with van der Waals surface area (Å²) < 4.78 is 32.9. The van der Waals surface area contributed by atoms with Crippen LogP contribution in [0.4, 0.5) is 0 Å². The average molecular weight is 415 g/mol. The molecule has 1 aliphatic carbocycles. The predicted molar refractivity (Wildman–Crippen MR) is 110 cm³/mol. The highest BCUT2D eigenvalue weighted by Crippen LogP contribution is 2.31. The van der Waals surface area contributed by atoms with E-state index in [-0.39, 0.29) is 23.3 Å². The van der Waals surface area contributed by atoms with E-state index in [4.69, 9.17) is 4.74 Å². The van der Waals surface area contributed by atoms with E-state index < -0.39 is 10.0 Å². The fourth-order valence-corrected chi connectivity index (χ4v) is 5.79. The highest BCUT2D eigenvalue weighted by atomic mass is 32.2. The van der Waals surface area contributed by atoms with Crippen LogP contribution in [-0.2, 0) is 32.5 Å². The highest BCUT2D eigenvalue weighted by molar-refractivity contribution is 7.89. The molecule has 1 heterocycles. The van der Waals surface area contributed by atoms with Crippen LogP contribution in [0.15, 0.2) is 53.4 Å². The van der Waals surface area contributed by atoms with Crippen molar-refractivity contribution in [2.24, 2.45) is 0 Å². The van der Waals surface area contributed by atoms with Crippen LogP contribution in [0.3, 0.4) is 0 Å². The van der Waals surface area contributed by atoms with Gasteiger partial charge in [0.15, 0.2) is 0 Å². The molecule has 0 saturated carbocycles. The van der Waals surface area contributed by atoms with Gasteiger partial charge >= 0.3 is 0 Å². The van der Waals surface area contributed by atoms with E-state index in [0.717, 1.165) is 24.8 Å². The van der Waals surface area contributed by atoms with Crippen LogP contribution in [0.5, 0.6) is 0 Å². The van der Waals surface area contributed by atoms with E-state index in [2.05, 4.69) is 11.4 Å². The van der Waals surface area contributed by atoms with Gasteiger partial charge < -0.3 is 10.1 Å². The molecule has 7 heteroatoms. The SMILES string of the molecule is O=C(NCc1ccccc1S(=O)(=O)N1CCOCC1)C1CCCc2ccccc21. The summed E-state index contributed by atoms with van der Waals surface area (Å²) >= 11 is 0. The molecule has 1 unspecified atom stereocenters. The zero-order valence-corrected chi connectivity index (χ0v) is 17.2. The molecule has 0 aromatic heterocycles. The molecule has 4 rings (SSSR count). The molecular formula is C22H26N2O4S. The van der Waals surface area contributed by atoms with Crippen LogP contribution >= 0.6 is 0 Å². The molecule has 0 radical (unpaired) electrons. The van der Waals surface area contributed by atoms with Crippen molar-refractivity contribution >= 4 is 15.9 Å². The lowest BCUT2D eigenvalue weighted by molar-refractivity contribution is -0.123. The molecule has 2 aliphatic rings. The number of carbonyl (C=O) groups is 1. The highest BCUT2D eigenvalue weighted by Gasteiger charge is 2.29. The van der Waals surface area contributed by atoms with Crippen LogP contribution in [0, 0.1) is 0 Å². The summed E-state index contributed by atoms with van der Waals surface area (Å²) in [6.07, 6.45) is 2.80. The maximum Gasteiger partial charge on any atom is 0.243 e. The van der Waals surface area contributed by atoms with Crippen molar-refractivity contribution in [3.63, 3.8) is 0 Å². The first-order valence-electron chi connectivity index (χ1n) is 10.1. The second kappa shape index (κ2) is 8.65. The van der Waals surface area contributed by atoms with Gasteiger partial charge in [-0.3, -0.25) is 4.79 Å². The number of ether oxygens (including phenoxy) is 1. The summed E-state index contributed by atoms with van der Waals surface area (Å²) in [6, 6.07) is 15.0. The Hall–Kier alpha value is -2.22. The summed E-state index contributed by atoms with van der Waals surface area (Å²) in [4.78, 5) is 13.2. The Kier molecular flexibility index (Phi) is 5.99. The van der Waals surface area contributed by atoms with Crippen LogP contribution in [0.1, 0.15) is 35.4 Å².